The number of aliphatic hydroxyl groups excluding tert-OH is 1. The number of aliphatic hydroxyl groups is 1. The van der Waals surface area contributed by atoms with Crippen LogP contribution < -0.4 is 0 Å². The van der Waals surface area contributed by atoms with E-state index >= 15 is 0 Å². The predicted octanol–water partition coefficient (Wildman–Crippen LogP) is 1.43. The summed E-state index contributed by atoms with van der Waals surface area (Å²) in [5.41, 5.74) is -2.25. The van der Waals surface area contributed by atoms with Crippen molar-refractivity contribution in [3.63, 3.8) is 0 Å². The fourth-order valence-electron chi connectivity index (χ4n) is 5.78. The highest BCUT2D eigenvalue weighted by Gasteiger charge is 2.74. The maximum atomic E-state index is 13.8. The molecule has 0 aliphatic carbocycles. The van der Waals surface area contributed by atoms with Crippen molar-refractivity contribution in [2.24, 2.45) is 11.8 Å². The Morgan fingerprint density at radius 2 is 1.88 bits per heavy atom. The molecule has 2 fully saturated rings. The Morgan fingerprint density at radius 3 is 2.59 bits per heavy atom. The van der Waals surface area contributed by atoms with E-state index in [4.69, 9.17) is 14.6 Å². The number of carbonyl (C=O) groups is 3. The van der Waals surface area contributed by atoms with Crippen LogP contribution in [0.5, 0.6) is 0 Å². The van der Waals surface area contributed by atoms with Crippen molar-refractivity contribution in [3.8, 4) is 0 Å². The quantitative estimate of drug-likeness (QED) is 0.377. The maximum absolute atomic E-state index is 13.8. The molecule has 4 rings (SSSR count). The Balaban J connectivity index is 1.79. The fraction of sp³-hybridized carbons (Fsp3) is 0.708. The minimum atomic E-state index is -1.22. The first kappa shape index (κ1) is 23.0. The molecule has 0 aromatic rings. The van der Waals surface area contributed by atoms with Crippen molar-refractivity contribution in [2.75, 3.05) is 26.3 Å². The smallest absolute Gasteiger partial charge is 0.313 e. The lowest BCUT2D eigenvalue weighted by Crippen LogP contribution is -2.57. The van der Waals surface area contributed by atoms with Crippen LogP contribution in [0.3, 0.4) is 0 Å². The second-order valence-electron chi connectivity index (χ2n) is 9.66. The third-order valence-corrected chi connectivity index (χ3v) is 7.23. The van der Waals surface area contributed by atoms with Gasteiger partial charge in [-0.1, -0.05) is 24.3 Å². The van der Waals surface area contributed by atoms with Gasteiger partial charge in [-0.2, -0.15) is 0 Å². The average molecular weight is 447 g/mol. The molecule has 0 radical (unpaired) electrons. The summed E-state index contributed by atoms with van der Waals surface area (Å²) < 4.78 is 12.1. The molecular weight excluding hydrogens is 412 g/mol. The van der Waals surface area contributed by atoms with E-state index in [1.54, 1.807) is 9.80 Å². The van der Waals surface area contributed by atoms with Gasteiger partial charge in [0.05, 0.1) is 18.1 Å². The minimum absolute atomic E-state index is 0.0387. The van der Waals surface area contributed by atoms with E-state index in [0.29, 0.717) is 32.4 Å². The van der Waals surface area contributed by atoms with E-state index < -0.39 is 35.0 Å². The van der Waals surface area contributed by atoms with Crippen LogP contribution >= 0.6 is 0 Å². The summed E-state index contributed by atoms with van der Waals surface area (Å²) in [6.07, 6.45) is 10.2. The Hall–Kier alpha value is -2.19. The van der Waals surface area contributed by atoms with Crippen molar-refractivity contribution >= 4 is 17.8 Å². The number of fused-ring (bicyclic) bond motifs is 2. The van der Waals surface area contributed by atoms with Gasteiger partial charge in [-0.3, -0.25) is 14.4 Å². The number of hydrogen-bond donors (Lipinski definition) is 1. The van der Waals surface area contributed by atoms with E-state index in [1.807, 2.05) is 45.1 Å². The third kappa shape index (κ3) is 3.48. The van der Waals surface area contributed by atoms with Gasteiger partial charge in [0.25, 0.3) is 0 Å². The molecule has 32 heavy (non-hydrogen) atoms. The van der Waals surface area contributed by atoms with Crippen LogP contribution in [0.25, 0.3) is 0 Å². The monoisotopic (exact) mass is 446 g/mol. The van der Waals surface area contributed by atoms with Gasteiger partial charge in [0.15, 0.2) is 0 Å². The van der Waals surface area contributed by atoms with Gasteiger partial charge in [0.1, 0.15) is 17.6 Å². The van der Waals surface area contributed by atoms with Crippen molar-refractivity contribution in [3.05, 3.63) is 24.3 Å². The highest BCUT2D eigenvalue weighted by Crippen LogP contribution is 2.57. The number of likely N-dealkylation sites (tertiary alicyclic amines) is 1. The van der Waals surface area contributed by atoms with Crippen molar-refractivity contribution in [1.29, 1.82) is 0 Å². The summed E-state index contributed by atoms with van der Waals surface area (Å²) in [6.45, 7) is 6.88. The first-order chi connectivity index (χ1) is 15.3. The number of esters is 1. The van der Waals surface area contributed by atoms with Crippen LogP contribution in [0.2, 0.25) is 0 Å². The number of cyclic esters (lactones) is 1. The number of ether oxygens (including phenoxy) is 2. The standard InChI is InChI=1S/C24H34N2O6/c1-16(2)25-13-9-11-24-17(18-22(30)31-15-8-5-10-23(18,3)32-24)20(28)26(19(24)21(25)29)12-6-4-7-14-27/h5,9-11,16-19,27H,4,6-8,12-15H2,1-3H3/t17-,18+,19?,23-,24-/m0/s1. The molecule has 2 amide bonds. The molecule has 0 aromatic carbocycles. The highest BCUT2D eigenvalue weighted by molar-refractivity contribution is 5.99. The van der Waals surface area contributed by atoms with Gasteiger partial charge in [0, 0.05) is 25.7 Å². The van der Waals surface area contributed by atoms with Gasteiger partial charge in [-0.05, 0) is 46.5 Å². The zero-order valence-electron chi connectivity index (χ0n) is 19.2. The Bertz CT molecular complexity index is 838. The first-order valence-electron chi connectivity index (χ1n) is 11.7. The molecular formula is C24H34N2O6. The zero-order chi connectivity index (χ0) is 23.1. The molecule has 4 heterocycles. The first-order valence-corrected chi connectivity index (χ1v) is 11.7. The van der Waals surface area contributed by atoms with Crippen LogP contribution in [0, 0.1) is 11.8 Å². The predicted molar refractivity (Wildman–Crippen MR) is 116 cm³/mol. The molecule has 1 spiro atoms. The lowest BCUT2D eigenvalue weighted by molar-refractivity contribution is -0.160. The largest absolute Gasteiger partial charge is 0.465 e. The van der Waals surface area contributed by atoms with E-state index in [1.165, 1.54) is 0 Å². The summed E-state index contributed by atoms with van der Waals surface area (Å²) >= 11 is 0. The van der Waals surface area contributed by atoms with Crippen molar-refractivity contribution < 1.29 is 29.0 Å². The molecule has 0 bridgehead atoms. The lowest BCUT2D eigenvalue weighted by Gasteiger charge is -2.38. The Kier molecular flexibility index (Phi) is 6.20. The fourth-order valence-corrected chi connectivity index (χ4v) is 5.78. The summed E-state index contributed by atoms with van der Waals surface area (Å²) in [4.78, 5) is 44.1. The molecule has 8 heteroatoms. The van der Waals surface area contributed by atoms with Crippen LogP contribution in [0.1, 0.15) is 46.5 Å². The van der Waals surface area contributed by atoms with E-state index in [9.17, 15) is 14.4 Å². The van der Waals surface area contributed by atoms with Crippen molar-refractivity contribution in [2.45, 2.75) is 69.7 Å². The van der Waals surface area contributed by atoms with E-state index in [-0.39, 0.29) is 31.1 Å². The molecule has 176 valence electrons. The number of carbonyl (C=O) groups excluding carboxylic acids is 3. The Labute approximate surface area is 189 Å². The summed E-state index contributed by atoms with van der Waals surface area (Å²) in [7, 11) is 0. The van der Waals surface area contributed by atoms with Crippen LogP contribution in [0.15, 0.2) is 24.3 Å². The van der Waals surface area contributed by atoms with E-state index in [0.717, 1.165) is 6.42 Å². The van der Waals surface area contributed by atoms with Gasteiger partial charge >= 0.3 is 5.97 Å². The molecule has 5 atom stereocenters. The number of amides is 2. The zero-order valence-corrected chi connectivity index (χ0v) is 19.2. The van der Waals surface area contributed by atoms with Crippen molar-refractivity contribution in [1.82, 2.24) is 9.80 Å². The highest BCUT2D eigenvalue weighted by atomic mass is 16.6. The van der Waals surface area contributed by atoms with Gasteiger partial charge in [-0.15, -0.1) is 0 Å². The number of unbranched alkanes of at least 4 members (excludes halogenated alkanes) is 2. The van der Waals surface area contributed by atoms with Gasteiger partial charge in [0.2, 0.25) is 11.8 Å². The van der Waals surface area contributed by atoms with Gasteiger partial charge < -0.3 is 24.4 Å². The SMILES string of the molecule is CC(C)N1CC=C[C@]23O[C@@]4(C)C=CCCOC(=O)[C@H]4[C@H]2C(=O)N(CCCCCO)C3C1=O. The molecule has 2 saturated heterocycles. The lowest BCUT2D eigenvalue weighted by atomic mass is 9.74. The van der Waals surface area contributed by atoms with Crippen LogP contribution in [-0.4, -0.2) is 82.3 Å². The molecule has 0 aromatic heterocycles. The number of hydrogen-bond acceptors (Lipinski definition) is 6. The topological polar surface area (TPSA) is 96.4 Å². The van der Waals surface area contributed by atoms with Gasteiger partial charge in [-0.25, -0.2) is 0 Å². The molecule has 1 N–H and O–H groups in total. The Morgan fingerprint density at radius 1 is 1.09 bits per heavy atom. The second-order valence-corrected chi connectivity index (χ2v) is 9.66. The minimum Gasteiger partial charge on any atom is -0.465 e. The number of rotatable bonds is 6. The molecule has 8 nitrogen and oxygen atoms in total. The normalized spacial score (nSPS) is 36.5. The molecule has 1 unspecified atom stereocenters. The third-order valence-electron chi connectivity index (χ3n) is 7.23. The molecule has 4 aliphatic rings. The molecule has 0 saturated carbocycles. The average Bonchev–Trinajstić information content (AvgIpc) is 3.04. The summed E-state index contributed by atoms with van der Waals surface area (Å²) in [6, 6.07) is -0.871. The maximum Gasteiger partial charge on any atom is 0.313 e. The van der Waals surface area contributed by atoms with Crippen LogP contribution in [-0.2, 0) is 23.9 Å². The summed E-state index contributed by atoms with van der Waals surface area (Å²) in [5.74, 6) is -2.48. The molecule has 4 aliphatic heterocycles. The summed E-state index contributed by atoms with van der Waals surface area (Å²) in [5, 5.41) is 9.11. The second kappa shape index (κ2) is 8.63. The number of nitrogens with zero attached hydrogens (tertiary/aromatic N) is 2. The van der Waals surface area contributed by atoms with Crippen LogP contribution in [0.4, 0.5) is 0 Å². The van der Waals surface area contributed by atoms with E-state index in [2.05, 4.69) is 0 Å².